The van der Waals surface area contributed by atoms with Gasteiger partial charge in [-0.2, -0.15) is 0 Å². The first-order valence-corrected chi connectivity index (χ1v) is 6.82. The highest BCUT2D eigenvalue weighted by atomic mass is 35.5. The Kier molecular flexibility index (Phi) is 4.50. The Balaban J connectivity index is 2.21. The van der Waals surface area contributed by atoms with Gasteiger partial charge < -0.3 is 10.2 Å². The lowest BCUT2D eigenvalue weighted by Gasteiger charge is -2.25. The minimum atomic E-state index is -0.500. The molecular formula is C12H15Cl2N3O2. The van der Waals surface area contributed by atoms with Gasteiger partial charge in [-0.3, -0.25) is 10.1 Å². The van der Waals surface area contributed by atoms with E-state index in [2.05, 4.69) is 5.32 Å². The van der Waals surface area contributed by atoms with Crippen molar-refractivity contribution in [2.45, 2.75) is 18.9 Å². The second-order valence-corrected chi connectivity index (χ2v) is 5.50. The van der Waals surface area contributed by atoms with E-state index in [1.54, 1.807) is 0 Å². The van der Waals surface area contributed by atoms with E-state index in [1.165, 1.54) is 18.6 Å². The molecule has 1 saturated heterocycles. The van der Waals surface area contributed by atoms with Crippen molar-refractivity contribution in [2.75, 3.05) is 25.0 Å². The summed E-state index contributed by atoms with van der Waals surface area (Å²) < 4.78 is 0. The summed E-state index contributed by atoms with van der Waals surface area (Å²) in [6.45, 7) is 1.80. The molecule has 0 aromatic heterocycles. The summed E-state index contributed by atoms with van der Waals surface area (Å²) in [7, 11) is 1.89. The van der Waals surface area contributed by atoms with Crippen molar-refractivity contribution in [3.63, 3.8) is 0 Å². The third kappa shape index (κ3) is 3.29. The number of nitro benzene ring substituents is 1. The number of halogens is 2. The predicted molar refractivity (Wildman–Crippen MR) is 77.4 cm³/mol. The quantitative estimate of drug-likeness (QED) is 0.686. The average molecular weight is 304 g/mol. The summed E-state index contributed by atoms with van der Waals surface area (Å²) in [4.78, 5) is 12.2. The molecule has 1 aliphatic rings. The fourth-order valence-corrected chi connectivity index (χ4v) is 3.12. The van der Waals surface area contributed by atoms with Crippen molar-refractivity contribution in [3.8, 4) is 0 Å². The van der Waals surface area contributed by atoms with Crippen LogP contribution in [0.1, 0.15) is 12.8 Å². The lowest BCUT2D eigenvalue weighted by molar-refractivity contribution is -0.384. The van der Waals surface area contributed by atoms with E-state index in [0.29, 0.717) is 21.8 Å². The third-order valence-corrected chi connectivity index (χ3v) is 3.83. The molecular weight excluding hydrogens is 289 g/mol. The number of likely N-dealkylation sites (N-methyl/N-ethyl adjacent to an activating group) is 1. The fourth-order valence-electron chi connectivity index (χ4n) is 2.36. The molecule has 104 valence electrons. The van der Waals surface area contributed by atoms with E-state index in [1.807, 2.05) is 11.9 Å². The zero-order valence-corrected chi connectivity index (χ0v) is 12.0. The van der Waals surface area contributed by atoms with Gasteiger partial charge in [-0.15, -0.1) is 0 Å². The van der Waals surface area contributed by atoms with E-state index in [4.69, 9.17) is 23.2 Å². The number of nitro groups is 1. The molecule has 0 bridgehead atoms. The molecule has 5 nitrogen and oxygen atoms in total. The number of benzene rings is 1. The standard InChI is InChI=1S/C12H15Cl2N3O2/c1-16(7-8-3-2-4-15-8)12-10(13)5-9(17(18)19)6-11(12)14/h5-6,8,15H,2-4,7H2,1H3. The van der Waals surface area contributed by atoms with Crippen LogP contribution in [0, 0.1) is 10.1 Å². The fraction of sp³-hybridized carbons (Fsp3) is 0.500. The summed E-state index contributed by atoms with van der Waals surface area (Å²) >= 11 is 12.2. The van der Waals surface area contributed by atoms with Gasteiger partial charge in [0.15, 0.2) is 0 Å². The molecule has 1 aromatic carbocycles. The topological polar surface area (TPSA) is 58.4 Å². The number of non-ortho nitro benzene ring substituents is 1. The maximum atomic E-state index is 10.7. The van der Waals surface area contributed by atoms with E-state index in [-0.39, 0.29) is 5.69 Å². The van der Waals surface area contributed by atoms with Gasteiger partial charge in [-0.25, -0.2) is 0 Å². The molecule has 0 spiro atoms. The highest BCUT2D eigenvalue weighted by Gasteiger charge is 2.21. The van der Waals surface area contributed by atoms with Crippen molar-refractivity contribution in [1.29, 1.82) is 0 Å². The molecule has 1 fully saturated rings. The monoisotopic (exact) mass is 303 g/mol. The first-order valence-electron chi connectivity index (χ1n) is 6.07. The van der Waals surface area contributed by atoms with Crippen LogP contribution in [0.2, 0.25) is 10.0 Å². The van der Waals surface area contributed by atoms with Crippen molar-refractivity contribution in [1.82, 2.24) is 5.32 Å². The Hall–Kier alpha value is -1.04. The molecule has 1 aromatic rings. The molecule has 0 amide bonds. The number of rotatable bonds is 4. The van der Waals surface area contributed by atoms with Crippen molar-refractivity contribution < 1.29 is 4.92 Å². The maximum Gasteiger partial charge on any atom is 0.272 e. The Morgan fingerprint density at radius 2 is 2.11 bits per heavy atom. The maximum absolute atomic E-state index is 10.7. The van der Waals surface area contributed by atoms with Gasteiger partial charge >= 0.3 is 0 Å². The van der Waals surface area contributed by atoms with Crippen LogP contribution >= 0.6 is 23.2 Å². The summed E-state index contributed by atoms with van der Waals surface area (Å²) in [5.41, 5.74) is 0.550. The highest BCUT2D eigenvalue weighted by molar-refractivity contribution is 6.39. The molecule has 2 rings (SSSR count). The number of nitrogens with zero attached hydrogens (tertiary/aromatic N) is 2. The van der Waals surface area contributed by atoms with E-state index < -0.39 is 4.92 Å². The SMILES string of the molecule is CN(CC1CCCN1)c1c(Cl)cc([N+](=O)[O-])cc1Cl. The summed E-state index contributed by atoms with van der Waals surface area (Å²) in [5, 5.41) is 14.7. The summed E-state index contributed by atoms with van der Waals surface area (Å²) in [5.74, 6) is 0. The van der Waals surface area contributed by atoms with Crippen LogP contribution in [0.15, 0.2) is 12.1 Å². The van der Waals surface area contributed by atoms with Gasteiger partial charge in [0.05, 0.1) is 20.7 Å². The van der Waals surface area contributed by atoms with Crippen LogP contribution in [0.3, 0.4) is 0 Å². The predicted octanol–water partition coefficient (Wildman–Crippen LogP) is 3.09. The van der Waals surface area contributed by atoms with Gasteiger partial charge in [0.2, 0.25) is 0 Å². The van der Waals surface area contributed by atoms with Gasteiger partial charge in [-0.05, 0) is 19.4 Å². The third-order valence-electron chi connectivity index (χ3n) is 3.25. The largest absolute Gasteiger partial charge is 0.371 e. The van der Waals surface area contributed by atoms with Gasteiger partial charge in [0.25, 0.3) is 5.69 Å². The van der Waals surface area contributed by atoms with Crippen LogP contribution in [-0.2, 0) is 0 Å². The molecule has 1 heterocycles. The van der Waals surface area contributed by atoms with Crippen LogP contribution in [0.5, 0.6) is 0 Å². The molecule has 0 radical (unpaired) electrons. The molecule has 0 aliphatic carbocycles. The van der Waals surface area contributed by atoms with Crippen LogP contribution in [0.25, 0.3) is 0 Å². The van der Waals surface area contributed by atoms with Gasteiger partial charge in [-0.1, -0.05) is 23.2 Å². The normalized spacial score (nSPS) is 18.6. The molecule has 19 heavy (non-hydrogen) atoms. The smallest absolute Gasteiger partial charge is 0.272 e. The molecule has 1 atom stereocenters. The van der Waals surface area contributed by atoms with E-state index in [9.17, 15) is 10.1 Å². The Morgan fingerprint density at radius 3 is 2.58 bits per heavy atom. The lowest BCUT2D eigenvalue weighted by atomic mass is 10.2. The summed E-state index contributed by atoms with van der Waals surface area (Å²) in [6.07, 6.45) is 2.28. The molecule has 1 N–H and O–H groups in total. The first kappa shape index (κ1) is 14.4. The highest BCUT2D eigenvalue weighted by Crippen LogP contribution is 2.37. The van der Waals surface area contributed by atoms with Crippen molar-refractivity contribution in [2.24, 2.45) is 0 Å². The minimum absolute atomic E-state index is 0.0915. The van der Waals surface area contributed by atoms with Gasteiger partial charge in [0.1, 0.15) is 0 Å². The van der Waals surface area contributed by atoms with Crippen molar-refractivity contribution in [3.05, 3.63) is 32.3 Å². The van der Waals surface area contributed by atoms with E-state index >= 15 is 0 Å². The lowest BCUT2D eigenvalue weighted by Crippen LogP contribution is -2.35. The van der Waals surface area contributed by atoms with Crippen LogP contribution in [0.4, 0.5) is 11.4 Å². The zero-order valence-electron chi connectivity index (χ0n) is 10.5. The molecule has 0 saturated carbocycles. The summed E-state index contributed by atoms with van der Waals surface area (Å²) in [6, 6.07) is 3.08. The molecule has 1 aliphatic heterocycles. The van der Waals surface area contributed by atoms with Crippen LogP contribution in [-0.4, -0.2) is 31.1 Å². The Labute approximate surface area is 121 Å². The Morgan fingerprint density at radius 1 is 1.47 bits per heavy atom. The molecule has 1 unspecified atom stereocenters. The van der Waals surface area contributed by atoms with Gasteiger partial charge in [0, 0.05) is 31.8 Å². The number of anilines is 1. The first-order chi connectivity index (χ1) is 8.99. The number of nitrogens with one attached hydrogen (secondary N) is 1. The zero-order chi connectivity index (χ0) is 14.0. The van der Waals surface area contributed by atoms with Crippen molar-refractivity contribution >= 4 is 34.6 Å². The average Bonchev–Trinajstić information content (AvgIpc) is 2.80. The van der Waals surface area contributed by atoms with Crippen LogP contribution < -0.4 is 10.2 Å². The molecule has 7 heteroatoms. The number of hydrogen-bond acceptors (Lipinski definition) is 4. The number of hydrogen-bond donors (Lipinski definition) is 1. The Bertz CT molecular complexity index is 467. The van der Waals surface area contributed by atoms with E-state index in [0.717, 1.165) is 19.5 Å². The second-order valence-electron chi connectivity index (χ2n) is 4.69. The second kappa shape index (κ2) is 5.94. The minimum Gasteiger partial charge on any atom is -0.371 e.